The zero-order valence-electron chi connectivity index (χ0n) is 17.8. The molecule has 3 aromatic carbocycles. The first-order chi connectivity index (χ1) is 16.0. The van der Waals surface area contributed by atoms with Crippen LogP contribution in [0.5, 0.6) is 0 Å². The van der Waals surface area contributed by atoms with Crippen molar-refractivity contribution in [1.82, 2.24) is 4.90 Å². The lowest BCUT2D eigenvalue weighted by Crippen LogP contribution is -2.45. The third kappa shape index (κ3) is 5.03. The molecule has 3 aromatic rings. The van der Waals surface area contributed by atoms with Crippen molar-refractivity contribution in [2.75, 3.05) is 6.54 Å². The molecule has 0 aromatic heterocycles. The van der Waals surface area contributed by atoms with Gasteiger partial charge in [0.2, 0.25) is 0 Å². The standard InChI is InChI=1S/C26H24F3NO3/c27-19-13-11-18(12-14-19)23(20-8-4-9-21(28)24(20)29)25(31)22-10-5-15-30(22)26(32)33-16-17-6-2-1-3-7-17/h1-4,6-9,11-14,22-23,25,31H,5,10,15-16H2/t22-,23+,25-/m1/s1. The Bertz CT molecular complexity index is 1090. The molecule has 33 heavy (non-hydrogen) atoms. The summed E-state index contributed by atoms with van der Waals surface area (Å²) in [6.45, 7) is 0.454. The highest BCUT2D eigenvalue weighted by Gasteiger charge is 2.40. The van der Waals surface area contributed by atoms with Crippen LogP contribution in [0.2, 0.25) is 0 Å². The summed E-state index contributed by atoms with van der Waals surface area (Å²) in [6.07, 6.45) is -0.753. The van der Waals surface area contributed by atoms with Crippen LogP contribution >= 0.6 is 0 Å². The summed E-state index contributed by atoms with van der Waals surface area (Å²) < 4.78 is 47.7. The summed E-state index contributed by atoms with van der Waals surface area (Å²) >= 11 is 0. The number of amides is 1. The maximum atomic E-state index is 14.8. The number of aliphatic hydroxyl groups excluding tert-OH is 1. The molecule has 7 heteroatoms. The van der Waals surface area contributed by atoms with Crippen LogP contribution in [0.15, 0.2) is 72.8 Å². The fraction of sp³-hybridized carbons (Fsp3) is 0.269. The molecule has 3 atom stereocenters. The quantitative estimate of drug-likeness (QED) is 0.542. The fourth-order valence-electron chi connectivity index (χ4n) is 4.39. The molecule has 172 valence electrons. The van der Waals surface area contributed by atoms with Gasteiger partial charge in [-0.3, -0.25) is 0 Å². The predicted octanol–water partition coefficient (Wildman–Crippen LogP) is 5.40. The number of likely N-dealkylation sites (tertiary alicyclic amines) is 1. The number of ether oxygens (including phenoxy) is 1. The summed E-state index contributed by atoms with van der Waals surface area (Å²) in [7, 11) is 0. The van der Waals surface area contributed by atoms with Crippen molar-refractivity contribution >= 4 is 6.09 Å². The second-order valence-electron chi connectivity index (χ2n) is 8.11. The fourth-order valence-corrected chi connectivity index (χ4v) is 4.39. The van der Waals surface area contributed by atoms with Crippen molar-refractivity contribution in [2.24, 2.45) is 0 Å². The summed E-state index contributed by atoms with van der Waals surface area (Å²) in [5.41, 5.74) is 1.18. The topological polar surface area (TPSA) is 49.8 Å². The maximum absolute atomic E-state index is 14.8. The normalized spacial score (nSPS) is 17.6. The van der Waals surface area contributed by atoms with E-state index in [-0.39, 0.29) is 12.2 Å². The van der Waals surface area contributed by atoms with E-state index in [1.54, 1.807) is 0 Å². The average molecular weight is 455 g/mol. The highest BCUT2D eigenvalue weighted by Crippen LogP contribution is 2.36. The van der Waals surface area contributed by atoms with Gasteiger partial charge in [0.25, 0.3) is 0 Å². The Hall–Kier alpha value is -3.32. The molecule has 1 aliphatic heterocycles. The second kappa shape index (κ2) is 10.1. The number of carbonyl (C=O) groups is 1. The zero-order chi connectivity index (χ0) is 23.4. The molecule has 1 fully saturated rings. The molecule has 1 amide bonds. The lowest BCUT2D eigenvalue weighted by atomic mass is 9.82. The number of hydrogen-bond donors (Lipinski definition) is 1. The van der Waals surface area contributed by atoms with Gasteiger partial charge in [0.1, 0.15) is 12.4 Å². The molecule has 0 aliphatic carbocycles. The molecule has 1 heterocycles. The van der Waals surface area contributed by atoms with Crippen LogP contribution < -0.4 is 0 Å². The number of nitrogens with zero attached hydrogens (tertiary/aromatic N) is 1. The van der Waals surface area contributed by atoms with Crippen molar-refractivity contribution in [1.29, 1.82) is 0 Å². The number of carbonyl (C=O) groups excluding carboxylic acids is 1. The molecule has 4 rings (SSSR count). The number of aliphatic hydroxyl groups is 1. The highest BCUT2D eigenvalue weighted by atomic mass is 19.2. The van der Waals surface area contributed by atoms with Crippen molar-refractivity contribution in [3.05, 3.63) is 107 Å². The zero-order valence-corrected chi connectivity index (χ0v) is 17.8. The summed E-state index contributed by atoms with van der Waals surface area (Å²) in [4.78, 5) is 14.2. The van der Waals surface area contributed by atoms with Crippen molar-refractivity contribution in [3.8, 4) is 0 Å². The lowest BCUT2D eigenvalue weighted by molar-refractivity contribution is 0.0409. The third-order valence-corrected chi connectivity index (χ3v) is 6.02. The largest absolute Gasteiger partial charge is 0.445 e. The van der Waals surface area contributed by atoms with E-state index in [0.29, 0.717) is 24.9 Å². The van der Waals surface area contributed by atoms with Gasteiger partial charge in [-0.1, -0.05) is 54.6 Å². The molecule has 0 bridgehead atoms. The lowest BCUT2D eigenvalue weighted by Gasteiger charge is -2.33. The van der Waals surface area contributed by atoms with Gasteiger partial charge in [0.15, 0.2) is 11.6 Å². The Labute approximate surface area is 190 Å². The minimum absolute atomic E-state index is 0.0568. The third-order valence-electron chi connectivity index (χ3n) is 6.02. The number of halogens is 3. The molecule has 1 saturated heterocycles. The summed E-state index contributed by atoms with van der Waals surface area (Å²) in [5, 5.41) is 11.4. The Morgan fingerprint density at radius 1 is 1.00 bits per heavy atom. The molecule has 0 unspecified atom stereocenters. The number of rotatable bonds is 6. The molecule has 0 radical (unpaired) electrons. The number of hydrogen-bond acceptors (Lipinski definition) is 3. The summed E-state index contributed by atoms with van der Waals surface area (Å²) in [5.74, 6) is -3.62. The first-order valence-corrected chi connectivity index (χ1v) is 10.8. The van der Waals surface area contributed by atoms with Crippen LogP contribution in [0.25, 0.3) is 0 Å². The van der Waals surface area contributed by atoms with Crippen LogP contribution in [0.4, 0.5) is 18.0 Å². The average Bonchev–Trinajstić information content (AvgIpc) is 3.32. The van der Waals surface area contributed by atoms with Gasteiger partial charge in [-0.25, -0.2) is 18.0 Å². The van der Waals surface area contributed by atoms with E-state index in [4.69, 9.17) is 4.74 Å². The molecular weight excluding hydrogens is 431 g/mol. The van der Waals surface area contributed by atoms with Crippen LogP contribution in [-0.2, 0) is 11.3 Å². The Morgan fingerprint density at radius 3 is 2.45 bits per heavy atom. The smallest absolute Gasteiger partial charge is 0.410 e. The van der Waals surface area contributed by atoms with Crippen molar-refractivity contribution in [3.63, 3.8) is 0 Å². The molecule has 1 aliphatic rings. The highest BCUT2D eigenvalue weighted by molar-refractivity contribution is 5.68. The van der Waals surface area contributed by atoms with E-state index in [0.717, 1.165) is 11.6 Å². The van der Waals surface area contributed by atoms with E-state index in [2.05, 4.69) is 0 Å². The number of benzene rings is 3. The van der Waals surface area contributed by atoms with Gasteiger partial charge in [0, 0.05) is 18.0 Å². The van der Waals surface area contributed by atoms with E-state index in [1.165, 1.54) is 41.3 Å². The van der Waals surface area contributed by atoms with Crippen molar-refractivity contribution in [2.45, 2.75) is 37.5 Å². The van der Waals surface area contributed by atoms with E-state index in [1.807, 2.05) is 30.3 Å². The Morgan fingerprint density at radius 2 is 1.73 bits per heavy atom. The predicted molar refractivity (Wildman–Crippen MR) is 117 cm³/mol. The van der Waals surface area contributed by atoms with E-state index < -0.39 is 41.6 Å². The van der Waals surface area contributed by atoms with Gasteiger partial charge in [-0.2, -0.15) is 0 Å². The molecule has 1 N–H and O–H groups in total. The SMILES string of the molecule is O=C(OCc1ccccc1)N1CCC[C@@H]1[C@@H](O)[C@@H](c1ccc(F)cc1)c1cccc(F)c1F. The van der Waals surface area contributed by atoms with Crippen LogP contribution in [0.1, 0.15) is 35.4 Å². The van der Waals surface area contributed by atoms with Crippen LogP contribution in [0.3, 0.4) is 0 Å². The summed E-state index contributed by atoms with van der Waals surface area (Å²) in [6, 6.07) is 17.5. The first kappa shape index (κ1) is 22.9. The van der Waals surface area contributed by atoms with Gasteiger partial charge in [0.05, 0.1) is 12.1 Å². The van der Waals surface area contributed by atoms with Crippen LogP contribution in [0, 0.1) is 17.5 Å². The van der Waals surface area contributed by atoms with E-state index in [9.17, 15) is 23.1 Å². The van der Waals surface area contributed by atoms with Gasteiger partial charge < -0.3 is 14.7 Å². The van der Waals surface area contributed by atoms with Gasteiger partial charge >= 0.3 is 6.09 Å². The molecule has 0 spiro atoms. The molecule has 4 nitrogen and oxygen atoms in total. The maximum Gasteiger partial charge on any atom is 0.410 e. The van der Waals surface area contributed by atoms with Crippen LogP contribution in [-0.4, -0.2) is 34.8 Å². The Balaban J connectivity index is 1.60. The molecular formula is C26H24F3NO3. The van der Waals surface area contributed by atoms with Gasteiger partial charge in [-0.15, -0.1) is 0 Å². The minimum atomic E-state index is -1.27. The van der Waals surface area contributed by atoms with E-state index >= 15 is 0 Å². The second-order valence-corrected chi connectivity index (χ2v) is 8.11. The monoisotopic (exact) mass is 455 g/mol. The van der Waals surface area contributed by atoms with Crippen molar-refractivity contribution < 1.29 is 27.8 Å². The minimum Gasteiger partial charge on any atom is -0.445 e. The van der Waals surface area contributed by atoms with Gasteiger partial charge in [-0.05, 0) is 42.2 Å². The molecule has 0 saturated carbocycles. The Kier molecular flexibility index (Phi) is 6.99. The first-order valence-electron chi connectivity index (χ1n) is 10.8.